The van der Waals surface area contributed by atoms with Gasteiger partial charge in [-0.1, -0.05) is 36.4 Å². The monoisotopic (exact) mass is 266 g/mol. The minimum atomic E-state index is 0.250. The Hall–Kier alpha value is -2.42. The molecule has 0 aliphatic heterocycles. The number of benzene rings is 2. The summed E-state index contributed by atoms with van der Waals surface area (Å²) in [6.45, 7) is 3.31. The van der Waals surface area contributed by atoms with E-state index in [0.29, 0.717) is 13.1 Å². The first-order valence-corrected chi connectivity index (χ1v) is 6.60. The first-order valence-electron chi connectivity index (χ1n) is 6.60. The molecule has 0 bridgehead atoms. The highest BCUT2D eigenvalue weighted by Gasteiger charge is 1.94. The van der Waals surface area contributed by atoms with Crippen LogP contribution in [0.1, 0.15) is 16.7 Å². The van der Waals surface area contributed by atoms with Gasteiger partial charge in [0, 0.05) is 18.0 Å². The Labute approximate surface area is 119 Å². The van der Waals surface area contributed by atoms with E-state index in [1.54, 1.807) is 18.3 Å². The van der Waals surface area contributed by atoms with Gasteiger partial charge in [0.25, 0.3) is 0 Å². The molecule has 0 amide bonds. The van der Waals surface area contributed by atoms with Gasteiger partial charge in [-0.25, -0.2) is 0 Å². The van der Waals surface area contributed by atoms with Crippen LogP contribution in [0.5, 0.6) is 5.75 Å². The maximum atomic E-state index is 9.57. The Morgan fingerprint density at radius 1 is 0.850 bits per heavy atom. The van der Waals surface area contributed by atoms with Crippen molar-refractivity contribution in [3.05, 3.63) is 65.2 Å². The third kappa shape index (κ3) is 4.05. The number of para-hydroxylation sites is 1. The minimum absolute atomic E-state index is 0.250. The summed E-state index contributed by atoms with van der Waals surface area (Å²) in [7, 11) is 0. The molecule has 0 radical (unpaired) electrons. The molecule has 0 fully saturated rings. The predicted molar refractivity (Wildman–Crippen MR) is 84.2 cm³/mol. The van der Waals surface area contributed by atoms with Crippen LogP contribution in [0.15, 0.2) is 58.5 Å². The molecule has 0 saturated heterocycles. The Morgan fingerprint density at radius 3 is 2.05 bits per heavy atom. The Bertz CT molecular complexity index is 562. The SMILES string of the molecule is Cc1ccccc1C=NCCN=Cc1ccccc1O. The lowest BCUT2D eigenvalue weighted by Crippen LogP contribution is -1.92. The van der Waals surface area contributed by atoms with Crippen molar-refractivity contribution in [2.24, 2.45) is 9.98 Å². The van der Waals surface area contributed by atoms with E-state index < -0.39 is 0 Å². The standard InChI is InChI=1S/C17H18N2O/c1-14-6-2-3-7-15(14)12-18-10-11-19-13-16-8-4-5-9-17(16)20/h2-9,12-13,20H,10-11H2,1H3. The number of hydrogen-bond acceptors (Lipinski definition) is 3. The van der Waals surface area contributed by atoms with Gasteiger partial charge in [0.15, 0.2) is 0 Å². The van der Waals surface area contributed by atoms with Crippen LogP contribution in [0.2, 0.25) is 0 Å². The van der Waals surface area contributed by atoms with Crippen molar-refractivity contribution in [1.82, 2.24) is 0 Å². The van der Waals surface area contributed by atoms with E-state index in [2.05, 4.69) is 23.0 Å². The molecule has 0 unspecified atom stereocenters. The largest absolute Gasteiger partial charge is 0.507 e. The number of aryl methyl sites for hydroxylation is 1. The highest BCUT2D eigenvalue weighted by molar-refractivity contribution is 5.83. The fourth-order valence-electron chi connectivity index (χ4n) is 1.77. The molecule has 2 rings (SSSR count). The number of phenols is 1. The fourth-order valence-corrected chi connectivity index (χ4v) is 1.77. The molecule has 1 N–H and O–H groups in total. The Morgan fingerprint density at radius 2 is 1.40 bits per heavy atom. The Balaban J connectivity index is 1.82. The van der Waals surface area contributed by atoms with Crippen molar-refractivity contribution in [2.45, 2.75) is 6.92 Å². The van der Waals surface area contributed by atoms with Crippen LogP contribution in [0.25, 0.3) is 0 Å². The minimum Gasteiger partial charge on any atom is -0.507 e. The summed E-state index contributed by atoms with van der Waals surface area (Å²) in [4.78, 5) is 8.61. The van der Waals surface area contributed by atoms with Crippen molar-refractivity contribution < 1.29 is 5.11 Å². The summed E-state index contributed by atoms with van der Waals surface area (Å²) in [6.07, 6.45) is 3.56. The van der Waals surface area contributed by atoms with E-state index >= 15 is 0 Å². The first kappa shape index (κ1) is 14.0. The molecule has 0 aromatic heterocycles. The molecule has 2 aromatic rings. The molecular formula is C17H18N2O. The lowest BCUT2D eigenvalue weighted by Gasteiger charge is -1.98. The van der Waals surface area contributed by atoms with Crippen LogP contribution in [0, 0.1) is 6.92 Å². The summed E-state index contributed by atoms with van der Waals surface area (Å²) in [5.74, 6) is 0.250. The highest BCUT2D eigenvalue weighted by Crippen LogP contribution is 2.12. The van der Waals surface area contributed by atoms with Crippen LogP contribution in [0.3, 0.4) is 0 Å². The van der Waals surface area contributed by atoms with E-state index in [1.807, 2.05) is 36.5 Å². The predicted octanol–water partition coefficient (Wildman–Crippen LogP) is 3.24. The molecule has 2 aromatic carbocycles. The molecule has 0 heterocycles. The Kier molecular flexibility index (Phi) is 5.07. The van der Waals surface area contributed by atoms with Crippen molar-refractivity contribution in [1.29, 1.82) is 0 Å². The fraction of sp³-hybridized carbons (Fsp3) is 0.176. The zero-order valence-electron chi connectivity index (χ0n) is 11.5. The summed E-state index contributed by atoms with van der Waals surface area (Å²) < 4.78 is 0. The van der Waals surface area contributed by atoms with E-state index in [1.165, 1.54) is 5.56 Å². The molecule has 3 heteroatoms. The number of hydrogen-bond donors (Lipinski definition) is 1. The van der Waals surface area contributed by atoms with Gasteiger partial charge in [-0.2, -0.15) is 0 Å². The summed E-state index contributed by atoms with van der Waals surface area (Å²) in [5, 5.41) is 9.57. The number of aliphatic imine (C=N–C) groups is 2. The van der Waals surface area contributed by atoms with Gasteiger partial charge < -0.3 is 5.11 Å². The van der Waals surface area contributed by atoms with Gasteiger partial charge in [-0.05, 0) is 30.2 Å². The summed E-state index contributed by atoms with van der Waals surface area (Å²) >= 11 is 0. The van der Waals surface area contributed by atoms with Gasteiger partial charge in [-0.15, -0.1) is 0 Å². The lowest BCUT2D eigenvalue weighted by atomic mass is 10.1. The summed E-state index contributed by atoms with van der Waals surface area (Å²) in [5.41, 5.74) is 3.08. The van der Waals surface area contributed by atoms with Crippen LogP contribution >= 0.6 is 0 Å². The second kappa shape index (κ2) is 7.24. The molecule has 102 valence electrons. The van der Waals surface area contributed by atoms with Crippen molar-refractivity contribution in [3.63, 3.8) is 0 Å². The van der Waals surface area contributed by atoms with E-state index in [9.17, 15) is 5.11 Å². The maximum absolute atomic E-state index is 9.57. The van der Waals surface area contributed by atoms with Gasteiger partial charge >= 0.3 is 0 Å². The maximum Gasteiger partial charge on any atom is 0.124 e. The van der Waals surface area contributed by atoms with E-state index in [4.69, 9.17) is 0 Å². The molecular weight excluding hydrogens is 248 g/mol. The summed E-state index contributed by atoms with van der Waals surface area (Å²) in [6, 6.07) is 15.3. The molecule has 0 spiro atoms. The van der Waals surface area contributed by atoms with E-state index in [-0.39, 0.29) is 5.75 Å². The average Bonchev–Trinajstić information content (AvgIpc) is 2.46. The van der Waals surface area contributed by atoms with Crippen molar-refractivity contribution in [3.8, 4) is 5.75 Å². The number of rotatable bonds is 5. The van der Waals surface area contributed by atoms with Gasteiger partial charge in [0.05, 0.1) is 13.1 Å². The number of phenolic OH excluding ortho intramolecular Hbond substituents is 1. The van der Waals surface area contributed by atoms with Crippen molar-refractivity contribution in [2.75, 3.05) is 13.1 Å². The number of aromatic hydroxyl groups is 1. The van der Waals surface area contributed by atoms with Crippen LogP contribution in [-0.2, 0) is 0 Å². The van der Waals surface area contributed by atoms with E-state index in [0.717, 1.165) is 11.1 Å². The third-order valence-electron chi connectivity index (χ3n) is 2.94. The second-order valence-corrected chi connectivity index (χ2v) is 4.49. The second-order valence-electron chi connectivity index (χ2n) is 4.49. The third-order valence-corrected chi connectivity index (χ3v) is 2.94. The highest BCUT2D eigenvalue weighted by atomic mass is 16.3. The molecule has 0 saturated carbocycles. The zero-order valence-corrected chi connectivity index (χ0v) is 11.5. The number of nitrogens with zero attached hydrogens (tertiary/aromatic N) is 2. The van der Waals surface area contributed by atoms with Gasteiger partial charge in [-0.3, -0.25) is 9.98 Å². The molecule has 0 aliphatic carbocycles. The smallest absolute Gasteiger partial charge is 0.124 e. The topological polar surface area (TPSA) is 45.0 Å². The van der Waals surface area contributed by atoms with Crippen LogP contribution in [-0.4, -0.2) is 30.6 Å². The quantitative estimate of drug-likeness (QED) is 0.655. The average molecular weight is 266 g/mol. The van der Waals surface area contributed by atoms with Crippen LogP contribution in [0.4, 0.5) is 0 Å². The zero-order chi connectivity index (χ0) is 14.2. The molecule has 3 nitrogen and oxygen atoms in total. The molecule has 0 atom stereocenters. The molecule has 0 aliphatic rings. The van der Waals surface area contributed by atoms with Gasteiger partial charge in [0.1, 0.15) is 5.75 Å². The molecule has 20 heavy (non-hydrogen) atoms. The lowest BCUT2D eigenvalue weighted by molar-refractivity contribution is 0.474. The van der Waals surface area contributed by atoms with Crippen LogP contribution < -0.4 is 0 Å². The van der Waals surface area contributed by atoms with Crippen molar-refractivity contribution >= 4 is 12.4 Å². The first-order chi connectivity index (χ1) is 9.77. The normalized spacial score (nSPS) is 11.4. The van der Waals surface area contributed by atoms with Gasteiger partial charge in [0.2, 0.25) is 0 Å².